The van der Waals surface area contributed by atoms with Crippen molar-refractivity contribution in [3.8, 4) is 0 Å². The first-order chi connectivity index (χ1) is 8.93. The highest BCUT2D eigenvalue weighted by atomic mass is 79.9. The van der Waals surface area contributed by atoms with Crippen LogP contribution in [0.25, 0.3) is 0 Å². The van der Waals surface area contributed by atoms with Crippen LogP contribution >= 0.6 is 27.3 Å². The van der Waals surface area contributed by atoms with Crippen LogP contribution in [0, 0.1) is 0 Å². The Morgan fingerprint density at radius 2 is 2.26 bits per heavy atom. The maximum Gasteiger partial charge on any atom is 0.0753 e. The average molecular weight is 347 g/mol. The molecule has 1 aliphatic rings. The lowest BCUT2D eigenvalue weighted by molar-refractivity contribution is -0.0997. The maximum absolute atomic E-state index is 6.39. The number of nitrogens with zero attached hydrogens (tertiary/aromatic N) is 1. The van der Waals surface area contributed by atoms with Gasteiger partial charge in [-0.2, -0.15) is 0 Å². The van der Waals surface area contributed by atoms with Crippen LogP contribution in [0.2, 0.25) is 0 Å². The zero-order valence-electron chi connectivity index (χ0n) is 11.9. The van der Waals surface area contributed by atoms with Gasteiger partial charge in [0.15, 0.2) is 0 Å². The van der Waals surface area contributed by atoms with Crippen LogP contribution in [-0.4, -0.2) is 36.2 Å². The third kappa shape index (κ3) is 3.79. The highest BCUT2D eigenvalue weighted by Gasteiger charge is 2.34. The second-order valence-electron chi connectivity index (χ2n) is 5.74. The van der Waals surface area contributed by atoms with Crippen LogP contribution in [0.3, 0.4) is 0 Å². The van der Waals surface area contributed by atoms with Crippen LogP contribution < -0.4 is 5.73 Å². The average Bonchev–Trinajstić information content (AvgIpc) is 2.74. The summed E-state index contributed by atoms with van der Waals surface area (Å²) in [4.78, 5) is 3.83. The Kier molecular flexibility index (Phi) is 5.06. The van der Waals surface area contributed by atoms with Crippen LogP contribution in [0.4, 0.5) is 0 Å². The van der Waals surface area contributed by atoms with Crippen molar-refractivity contribution in [3.05, 3.63) is 20.8 Å². The molecule has 0 bridgehead atoms. The van der Waals surface area contributed by atoms with E-state index in [2.05, 4.69) is 53.7 Å². The number of halogens is 1. The molecule has 1 aromatic rings. The summed E-state index contributed by atoms with van der Waals surface area (Å²) >= 11 is 5.34. The van der Waals surface area contributed by atoms with E-state index in [4.69, 9.17) is 10.5 Å². The van der Waals surface area contributed by atoms with Crippen molar-refractivity contribution >= 4 is 27.3 Å². The number of hydrogen-bond acceptors (Lipinski definition) is 4. The van der Waals surface area contributed by atoms with E-state index in [0.29, 0.717) is 6.04 Å². The Bertz CT molecular complexity index is 421. The van der Waals surface area contributed by atoms with E-state index in [-0.39, 0.29) is 11.6 Å². The van der Waals surface area contributed by atoms with Crippen molar-refractivity contribution < 1.29 is 4.74 Å². The Morgan fingerprint density at radius 3 is 2.79 bits per heavy atom. The number of hydrogen-bond donors (Lipinski definition) is 1. The van der Waals surface area contributed by atoms with Gasteiger partial charge >= 0.3 is 0 Å². The predicted octanol–water partition coefficient (Wildman–Crippen LogP) is 3.40. The lowest BCUT2D eigenvalue weighted by Gasteiger charge is -2.43. The molecule has 0 saturated carbocycles. The smallest absolute Gasteiger partial charge is 0.0753 e. The Labute approximate surface area is 128 Å². The number of thiophene rings is 1. The summed E-state index contributed by atoms with van der Waals surface area (Å²) in [5.41, 5.74) is 6.30. The van der Waals surface area contributed by atoms with Crippen molar-refractivity contribution in [2.75, 3.05) is 19.7 Å². The summed E-state index contributed by atoms with van der Waals surface area (Å²) in [7, 11) is 0. The molecule has 2 heterocycles. The summed E-state index contributed by atoms with van der Waals surface area (Å²) in [6.45, 7) is 9.13. The fourth-order valence-electron chi connectivity index (χ4n) is 2.66. The molecule has 2 unspecified atom stereocenters. The molecule has 0 aromatic carbocycles. The Morgan fingerprint density at radius 1 is 1.53 bits per heavy atom. The maximum atomic E-state index is 6.39. The first-order valence-corrected chi connectivity index (χ1v) is 8.43. The first-order valence-electron chi connectivity index (χ1n) is 6.82. The molecule has 3 nitrogen and oxygen atoms in total. The van der Waals surface area contributed by atoms with Gasteiger partial charge in [0.05, 0.1) is 22.0 Å². The molecule has 108 valence electrons. The van der Waals surface area contributed by atoms with E-state index in [0.717, 1.165) is 26.1 Å². The third-order valence-electron chi connectivity index (χ3n) is 3.61. The zero-order valence-corrected chi connectivity index (χ0v) is 14.3. The molecule has 5 heteroatoms. The van der Waals surface area contributed by atoms with Gasteiger partial charge in [-0.25, -0.2) is 0 Å². The van der Waals surface area contributed by atoms with E-state index in [9.17, 15) is 0 Å². The van der Waals surface area contributed by atoms with Crippen LogP contribution in [0.15, 0.2) is 15.9 Å². The monoisotopic (exact) mass is 346 g/mol. The Balaban J connectivity index is 2.22. The molecule has 1 aliphatic heterocycles. The zero-order chi connectivity index (χ0) is 14.0. The standard InChI is InChI=1S/C14H23BrN2OS/c1-4-10(16)13(11-5-6-12(15)19-11)17-7-8-18-14(2,3)9-17/h5-6,10,13H,4,7-9,16H2,1-3H3. The minimum Gasteiger partial charge on any atom is -0.373 e. The quantitative estimate of drug-likeness (QED) is 0.907. The van der Waals surface area contributed by atoms with Crippen LogP contribution in [0.1, 0.15) is 38.1 Å². The number of rotatable bonds is 4. The second-order valence-corrected chi connectivity index (χ2v) is 8.23. The molecule has 1 aromatic heterocycles. The molecule has 19 heavy (non-hydrogen) atoms. The highest BCUT2D eigenvalue weighted by molar-refractivity contribution is 9.11. The van der Waals surface area contributed by atoms with Gasteiger partial charge in [0.25, 0.3) is 0 Å². The van der Waals surface area contributed by atoms with Gasteiger partial charge in [-0.1, -0.05) is 6.92 Å². The minimum atomic E-state index is -0.0849. The van der Waals surface area contributed by atoms with Crippen molar-refractivity contribution in [1.29, 1.82) is 0 Å². The van der Waals surface area contributed by atoms with Gasteiger partial charge in [-0.05, 0) is 48.3 Å². The second kappa shape index (κ2) is 6.22. The largest absolute Gasteiger partial charge is 0.373 e. The van der Waals surface area contributed by atoms with Crippen LogP contribution in [-0.2, 0) is 4.74 Å². The molecule has 1 fully saturated rings. The molecule has 2 rings (SSSR count). The van der Waals surface area contributed by atoms with Crippen molar-refractivity contribution in [1.82, 2.24) is 4.90 Å². The number of nitrogens with two attached hydrogens (primary N) is 1. The summed E-state index contributed by atoms with van der Waals surface area (Å²) in [5.74, 6) is 0. The van der Waals surface area contributed by atoms with Gasteiger partial charge in [0, 0.05) is 24.0 Å². The summed E-state index contributed by atoms with van der Waals surface area (Å²) in [6, 6.07) is 4.77. The molecule has 2 N–H and O–H groups in total. The first kappa shape index (κ1) is 15.4. The van der Waals surface area contributed by atoms with Gasteiger partial charge in [0.2, 0.25) is 0 Å². The fourth-order valence-corrected chi connectivity index (χ4v) is 4.30. The minimum absolute atomic E-state index is 0.0849. The van der Waals surface area contributed by atoms with E-state index in [1.807, 2.05) is 0 Å². The summed E-state index contributed by atoms with van der Waals surface area (Å²) in [5, 5.41) is 0. The number of morpholine rings is 1. The van der Waals surface area contributed by atoms with E-state index in [1.54, 1.807) is 11.3 Å². The molecule has 0 spiro atoms. The van der Waals surface area contributed by atoms with Crippen molar-refractivity contribution in [3.63, 3.8) is 0 Å². The van der Waals surface area contributed by atoms with Gasteiger partial charge in [0.1, 0.15) is 0 Å². The summed E-state index contributed by atoms with van der Waals surface area (Å²) in [6.07, 6.45) is 0.984. The number of ether oxygens (including phenoxy) is 1. The predicted molar refractivity (Wildman–Crippen MR) is 84.6 cm³/mol. The van der Waals surface area contributed by atoms with E-state index >= 15 is 0 Å². The highest BCUT2D eigenvalue weighted by Crippen LogP contribution is 2.35. The molecule has 0 aliphatic carbocycles. The van der Waals surface area contributed by atoms with Gasteiger partial charge < -0.3 is 10.5 Å². The summed E-state index contributed by atoms with van der Waals surface area (Å²) < 4.78 is 6.98. The molecule has 0 radical (unpaired) electrons. The van der Waals surface area contributed by atoms with Crippen molar-refractivity contribution in [2.24, 2.45) is 5.73 Å². The fraction of sp³-hybridized carbons (Fsp3) is 0.714. The normalized spacial score (nSPS) is 23.2. The lowest BCUT2D eigenvalue weighted by atomic mass is 9.99. The molecule has 0 amide bonds. The van der Waals surface area contributed by atoms with E-state index < -0.39 is 0 Å². The lowest BCUT2D eigenvalue weighted by Crippen LogP contribution is -2.52. The third-order valence-corrected chi connectivity index (χ3v) is 5.31. The van der Waals surface area contributed by atoms with Crippen LogP contribution in [0.5, 0.6) is 0 Å². The topological polar surface area (TPSA) is 38.5 Å². The SMILES string of the molecule is CCC(N)C(c1ccc(Br)s1)N1CCOC(C)(C)C1. The van der Waals surface area contributed by atoms with Gasteiger partial charge in [-0.3, -0.25) is 4.90 Å². The molecule has 1 saturated heterocycles. The van der Waals surface area contributed by atoms with Gasteiger partial charge in [-0.15, -0.1) is 11.3 Å². The molecular weight excluding hydrogens is 324 g/mol. The molecular formula is C14H23BrN2OS. The van der Waals surface area contributed by atoms with Crippen molar-refractivity contribution in [2.45, 2.75) is 44.9 Å². The molecule has 2 atom stereocenters. The van der Waals surface area contributed by atoms with E-state index in [1.165, 1.54) is 8.66 Å². The Hall–Kier alpha value is 0.0600.